The molecule has 1 aliphatic carbocycles. The Morgan fingerprint density at radius 2 is 2.55 bits per heavy atom. The van der Waals surface area contributed by atoms with Gasteiger partial charge in [0.25, 0.3) is 0 Å². The second kappa shape index (κ2) is 4.02. The van der Waals surface area contributed by atoms with Gasteiger partial charge in [-0.2, -0.15) is 0 Å². The van der Waals surface area contributed by atoms with Gasteiger partial charge in [-0.05, 0) is 25.3 Å². The molecule has 0 bridgehead atoms. The first kappa shape index (κ1) is 8.12. The highest BCUT2D eigenvalue weighted by atomic mass is 16.5. The van der Waals surface area contributed by atoms with E-state index < -0.39 is 0 Å². The molecule has 0 saturated heterocycles. The first-order valence-electron chi connectivity index (χ1n) is 3.92. The van der Waals surface area contributed by atoms with Gasteiger partial charge in [0.05, 0.1) is 5.76 Å². The van der Waals surface area contributed by atoms with Crippen LogP contribution in [0, 0.1) is 0 Å². The fraction of sp³-hybridized carbons (Fsp3) is 0.400. The Bertz CT molecular complexity index is 199. The summed E-state index contributed by atoms with van der Waals surface area (Å²) < 4.78 is 5.28. The minimum absolute atomic E-state index is 0.708. The van der Waals surface area contributed by atoms with Crippen molar-refractivity contribution in [1.29, 1.82) is 0 Å². The maximum atomic E-state index is 5.28. The molecule has 0 N–H and O–H groups in total. The molecule has 0 radical (unpaired) electrons. The molecule has 1 rings (SSSR count). The van der Waals surface area contributed by atoms with Crippen LogP contribution in [0.5, 0.6) is 0 Å². The Balaban J connectivity index is 2.31. The van der Waals surface area contributed by atoms with Crippen LogP contribution >= 0.6 is 0 Å². The van der Waals surface area contributed by atoms with Crippen LogP contribution in [0.4, 0.5) is 0 Å². The second-order valence-corrected chi connectivity index (χ2v) is 2.78. The maximum Gasteiger partial charge on any atom is 0.109 e. The van der Waals surface area contributed by atoms with Crippen LogP contribution < -0.4 is 0 Å². The van der Waals surface area contributed by atoms with Crippen molar-refractivity contribution in [2.75, 3.05) is 6.61 Å². The summed E-state index contributed by atoms with van der Waals surface area (Å²) in [6, 6.07) is 0. The quantitative estimate of drug-likeness (QED) is 0.562. The largest absolute Gasteiger partial charge is 0.495 e. The van der Waals surface area contributed by atoms with E-state index in [0.29, 0.717) is 6.61 Å². The second-order valence-electron chi connectivity index (χ2n) is 2.78. The lowest BCUT2D eigenvalue weighted by molar-refractivity contribution is 0.240. The smallest absolute Gasteiger partial charge is 0.109 e. The summed E-state index contributed by atoms with van der Waals surface area (Å²) in [4.78, 5) is 0. The van der Waals surface area contributed by atoms with Gasteiger partial charge in [0.2, 0.25) is 0 Å². The molecule has 1 nitrogen and oxygen atoms in total. The van der Waals surface area contributed by atoms with Gasteiger partial charge < -0.3 is 4.74 Å². The van der Waals surface area contributed by atoms with Crippen LogP contribution in [-0.2, 0) is 4.74 Å². The number of ether oxygens (including phenoxy) is 1. The Morgan fingerprint density at radius 1 is 1.73 bits per heavy atom. The third kappa shape index (κ3) is 3.08. The number of hydrogen-bond acceptors (Lipinski definition) is 1. The zero-order valence-corrected chi connectivity index (χ0v) is 6.97. The van der Waals surface area contributed by atoms with E-state index in [4.69, 9.17) is 4.74 Å². The Labute approximate surface area is 68.1 Å². The van der Waals surface area contributed by atoms with Crippen molar-refractivity contribution >= 4 is 0 Å². The SMILES string of the molecule is C=C(C)OCC1=CC=CCC1. The molecule has 1 heteroatoms. The molecule has 0 aromatic rings. The van der Waals surface area contributed by atoms with Crippen molar-refractivity contribution in [2.45, 2.75) is 19.8 Å². The molecule has 0 fully saturated rings. The number of rotatable bonds is 3. The zero-order chi connectivity index (χ0) is 8.10. The molecular weight excluding hydrogens is 136 g/mol. The fourth-order valence-corrected chi connectivity index (χ4v) is 0.989. The van der Waals surface area contributed by atoms with Crippen molar-refractivity contribution in [3.8, 4) is 0 Å². The summed E-state index contributed by atoms with van der Waals surface area (Å²) in [6.45, 7) is 6.25. The highest BCUT2D eigenvalue weighted by molar-refractivity contribution is 5.18. The lowest BCUT2D eigenvalue weighted by atomic mass is 10.1. The van der Waals surface area contributed by atoms with Gasteiger partial charge in [-0.3, -0.25) is 0 Å². The zero-order valence-electron chi connectivity index (χ0n) is 6.97. The first-order valence-corrected chi connectivity index (χ1v) is 3.92. The third-order valence-corrected chi connectivity index (χ3v) is 1.60. The first-order chi connectivity index (χ1) is 5.29. The summed E-state index contributed by atoms with van der Waals surface area (Å²) in [5, 5.41) is 0. The van der Waals surface area contributed by atoms with Crippen molar-refractivity contribution in [3.05, 3.63) is 36.1 Å². The average Bonchev–Trinajstić information content (AvgIpc) is 2.03. The van der Waals surface area contributed by atoms with Crippen molar-refractivity contribution < 1.29 is 4.74 Å². The van der Waals surface area contributed by atoms with Crippen molar-refractivity contribution in [1.82, 2.24) is 0 Å². The lowest BCUT2D eigenvalue weighted by Crippen LogP contribution is -1.97. The van der Waals surface area contributed by atoms with E-state index >= 15 is 0 Å². The molecule has 0 aromatic carbocycles. The molecule has 0 saturated carbocycles. The highest BCUT2D eigenvalue weighted by Crippen LogP contribution is 2.12. The summed E-state index contributed by atoms with van der Waals surface area (Å²) in [5.41, 5.74) is 1.36. The van der Waals surface area contributed by atoms with E-state index in [1.165, 1.54) is 5.57 Å². The Hall–Kier alpha value is -0.980. The molecule has 0 aliphatic heterocycles. The molecule has 60 valence electrons. The van der Waals surface area contributed by atoms with Gasteiger partial charge in [0.1, 0.15) is 6.61 Å². The summed E-state index contributed by atoms with van der Waals surface area (Å²) >= 11 is 0. The molecule has 0 heterocycles. The molecule has 1 aliphatic rings. The molecule has 0 aromatic heterocycles. The van der Waals surface area contributed by atoms with E-state index in [1.54, 1.807) is 0 Å². The van der Waals surface area contributed by atoms with Gasteiger partial charge in [0.15, 0.2) is 0 Å². The average molecular weight is 150 g/mol. The van der Waals surface area contributed by atoms with Crippen molar-refractivity contribution in [2.24, 2.45) is 0 Å². The molecule has 0 spiro atoms. The maximum absolute atomic E-state index is 5.28. The van der Waals surface area contributed by atoms with E-state index in [2.05, 4.69) is 24.8 Å². The van der Waals surface area contributed by atoms with E-state index in [0.717, 1.165) is 18.6 Å². The van der Waals surface area contributed by atoms with Crippen LogP contribution in [0.1, 0.15) is 19.8 Å². The molecule has 0 unspecified atom stereocenters. The topological polar surface area (TPSA) is 9.23 Å². The molecule has 11 heavy (non-hydrogen) atoms. The van der Waals surface area contributed by atoms with Crippen LogP contribution in [0.3, 0.4) is 0 Å². The standard InChI is InChI=1S/C10H14O/c1-9(2)11-8-10-6-4-3-5-7-10/h3-4,6H,1,5,7-8H2,2H3. The number of allylic oxidation sites excluding steroid dienone is 4. The van der Waals surface area contributed by atoms with Gasteiger partial charge in [-0.25, -0.2) is 0 Å². The minimum Gasteiger partial charge on any atom is -0.495 e. The van der Waals surface area contributed by atoms with Crippen LogP contribution in [0.15, 0.2) is 36.1 Å². The molecule has 0 amide bonds. The summed E-state index contributed by atoms with van der Waals surface area (Å²) in [6.07, 6.45) is 8.65. The van der Waals surface area contributed by atoms with Gasteiger partial charge >= 0.3 is 0 Å². The molecule has 0 atom stereocenters. The van der Waals surface area contributed by atoms with E-state index in [1.807, 2.05) is 6.92 Å². The normalized spacial score (nSPS) is 15.9. The van der Waals surface area contributed by atoms with Gasteiger partial charge in [-0.1, -0.05) is 24.8 Å². The summed E-state index contributed by atoms with van der Waals surface area (Å²) in [5.74, 6) is 0.792. The number of hydrogen-bond donors (Lipinski definition) is 0. The van der Waals surface area contributed by atoms with E-state index in [-0.39, 0.29) is 0 Å². The monoisotopic (exact) mass is 150 g/mol. The predicted octanol–water partition coefficient (Wildman–Crippen LogP) is 2.81. The van der Waals surface area contributed by atoms with Gasteiger partial charge in [-0.15, -0.1) is 0 Å². The molecular formula is C10H14O. The van der Waals surface area contributed by atoms with Crippen LogP contribution in [0.25, 0.3) is 0 Å². The van der Waals surface area contributed by atoms with Crippen LogP contribution in [-0.4, -0.2) is 6.61 Å². The minimum atomic E-state index is 0.708. The van der Waals surface area contributed by atoms with Crippen molar-refractivity contribution in [3.63, 3.8) is 0 Å². The predicted molar refractivity (Wildman–Crippen MR) is 47.2 cm³/mol. The third-order valence-electron chi connectivity index (χ3n) is 1.60. The van der Waals surface area contributed by atoms with Crippen LogP contribution in [0.2, 0.25) is 0 Å². The summed E-state index contributed by atoms with van der Waals surface area (Å²) in [7, 11) is 0. The Morgan fingerprint density at radius 3 is 3.09 bits per heavy atom. The van der Waals surface area contributed by atoms with E-state index in [9.17, 15) is 0 Å². The van der Waals surface area contributed by atoms with Gasteiger partial charge in [0, 0.05) is 0 Å². The fourth-order valence-electron chi connectivity index (χ4n) is 0.989. The Kier molecular flexibility index (Phi) is 2.96. The highest BCUT2D eigenvalue weighted by Gasteiger charge is 1.98. The lowest BCUT2D eigenvalue weighted by Gasteiger charge is -2.09.